The van der Waals surface area contributed by atoms with Crippen LogP contribution in [0.15, 0.2) is 66.4 Å². The highest BCUT2D eigenvalue weighted by Gasteiger charge is 2.35. The van der Waals surface area contributed by atoms with Crippen molar-refractivity contribution in [2.75, 3.05) is 11.9 Å². The average Bonchev–Trinajstić information content (AvgIpc) is 3.07. The zero-order chi connectivity index (χ0) is 25.8. The fourth-order valence-corrected chi connectivity index (χ4v) is 4.63. The van der Waals surface area contributed by atoms with Gasteiger partial charge in [0.15, 0.2) is 0 Å². The minimum Gasteiger partial charge on any atom is -0.488 e. The third-order valence-corrected chi connectivity index (χ3v) is 6.66. The lowest BCUT2D eigenvalue weighted by Gasteiger charge is -2.12. The minimum absolute atomic E-state index is 0.0840. The van der Waals surface area contributed by atoms with Crippen LogP contribution in [0.5, 0.6) is 5.75 Å². The molecule has 3 aromatic carbocycles. The monoisotopic (exact) mass is 635 g/mol. The van der Waals surface area contributed by atoms with Crippen molar-refractivity contribution in [3.8, 4) is 5.75 Å². The molecule has 184 valence electrons. The Labute approximate surface area is 231 Å². The van der Waals surface area contributed by atoms with Crippen LogP contribution in [0.25, 0.3) is 6.08 Å². The van der Waals surface area contributed by atoms with E-state index in [1.54, 1.807) is 48.5 Å². The molecule has 1 fully saturated rings. The number of ether oxygens (including phenoxy) is 1. The molecule has 1 aliphatic rings. The van der Waals surface area contributed by atoms with Crippen molar-refractivity contribution >= 4 is 75.4 Å². The standard InChI is InChI=1S/C26H20Cl2IN3O4/c1-15-3-2-4-19(9-15)30-24(33)13-32-25(34)22(31-26(32)35)11-16-5-8-23(21(29)10-16)36-14-17-6-7-18(27)12-20(17)28/h2-12H,13-14H2,1H3,(H,30,33)(H,31,35)/b22-11+. The van der Waals surface area contributed by atoms with Gasteiger partial charge in [-0.1, -0.05) is 47.5 Å². The van der Waals surface area contributed by atoms with Crippen molar-refractivity contribution in [2.24, 2.45) is 0 Å². The second kappa shape index (κ2) is 11.3. The Hall–Kier alpha value is -3.08. The molecule has 0 unspecified atom stereocenters. The summed E-state index contributed by atoms with van der Waals surface area (Å²) in [5, 5.41) is 6.30. The van der Waals surface area contributed by atoms with Crippen LogP contribution in [0.1, 0.15) is 16.7 Å². The van der Waals surface area contributed by atoms with Crippen molar-refractivity contribution in [3.05, 3.63) is 96.7 Å². The van der Waals surface area contributed by atoms with E-state index in [2.05, 4.69) is 33.2 Å². The van der Waals surface area contributed by atoms with Gasteiger partial charge in [-0.05, 0) is 83.1 Å². The van der Waals surface area contributed by atoms with Crippen molar-refractivity contribution in [2.45, 2.75) is 13.5 Å². The summed E-state index contributed by atoms with van der Waals surface area (Å²) in [5.41, 5.74) is 3.14. The molecule has 1 heterocycles. The van der Waals surface area contributed by atoms with E-state index in [1.165, 1.54) is 0 Å². The molecule has 7 nitrogen and oxygen atoms in total. The molecular weight excluding hydrogens is 616 g/mol. The summed E-state index contributed by atoms with van der Waals surface area (Å²) in [7, 11) is 0. The van der Waals surface area contributed by atoms with Crippen LogP contribution in [0.4, 0.5) is 10.5 Å². The number of hydrogen-bond acceptors (Lipinski definition) is 4. The molecule has 0 bridgehead atoms. The van der Waals surface area contributed by atoms with Crippen LogP contribution in [0.2, 0.25) is 10.0 Å². The Balaban J connectivity index is 1.40. The summed E-state index contributed by atoms with van der Waals surface area (Å²) in [6, 6.07) is 17.2. The van der Waals surface area contributed by atoms with E-state index in [4.69, 9.17) is 27.9 Å². The number of anilines is 1. The fraction of sp³-hybridized carbons (Fsp3) is 0.115. The molecule has 0 saturated carbocycles. The molecule has 1 saturated heterocycles. The highest BCUT2D eigenvalue weighted by Crippen LogP contribution is 2.27. The SMILES string of the molecule is Cc1cccc(NC(=O)CN2C(=O)N/C(=C/c3ccc(OCc4ccc(Cl)cc4Cl)c(I)c3)C2=O)c1. The Morgan fingerprint density at radius 3 is 2.64 bits per heavy atom. The predicted octanol–water partition coefficient (Wildman–Crippen LogP) is 6.02. The number of nitrogens with zero attached hydrogens (tertiary/aromatic N) is 1. The van der Waals surface area contributed by atoms with Crippen molar-refractivity contribution < 1.29 is 19.1 Å². The van der Waals surface area contributed by atoms with Gasteiger partial charge >= 0.3 is 6.03 Å². The third-order valence-electron chi connectivity index (χ3n) is 5.23. The topological polar surface area (TPSA) is 87.7 Å². The second-order valence-corrected chi connectivity index (χ2v) is 10.0. The quantitative estimate of drug-likeness (QED) is 0.189. The fourth-order valence-electron chi connectivity index (χ4n) is 3.47. The summed E-state index contributed by atoms with van der Waals surface area (Å²) in [6.45, 7) is 1.77. The number of imide groups is 1. The van der Waals surface area contributed by atoms with Crippen molar-refractivity contribution in [3.63, 3.8) is 0 Å². The first-order valence-electron chi connectivity index (χ1n) is 10.8. The summed E-state index contributed by atoms with van der Waals surface area (Å²) in [5.74, 6) is -0.408. The van der Waals surface area contributed by atoms with Crippen LogP contribution in [0, 0.1) is 10.5 Å². The van der Waals surface area contributed by atoms with Crippen LogP contribution < -0.4 is 15.4 Å². The average molecular weight is 636 g/mol. The molecular formula is C26H20Cl2IN3O4. The van der Waals surface area contributed by atoms with Crippen molar-refractivity contribution in [1.29, 1.82) is 0 Å². The lowest BCUT2D eigenvalue weighted by atomic mass is 10.2. The highest BCUT2D eigenvalue weighted by molar-refractivity contribution is 14.1. The first-order chi connectivity index (χ1) is 17.2. The van der Waals surface area contributed by atoms with Gasteiger partial charge in [0.2, 0.25) is 5.91 Å². The van der Waals surface area contributed by atoms with E-state index in [0.717, 1.165) is 19.6 Å². The first kappa shape index (κ1) is 26.0. The van der Waals surface area contributed by atoms with E-state index >= 15 is 0 Å². The number of nitrogens with one attached hydrogen (secondary N) is 2. The Bertz CT molecular complexity index is 1390. The largest absolute Gasteiger partial charge is 0.488 e. The van der Waals surface area contributed by atoms with Gasteiger partial charge in [0, 0.05) is 21.3 Å². The number of aryl methyl sites for hydroxylation is 1. The molecule has 0 aliphatic carbocycles. The normalized spacial score (nSPS) is 14.2. The summed E-state index contributed by atoms with van der Waals surface area (Å²) < 4.78 is 6.68. The molecule has 10 heteroatoms. The van der Waals surface area contributed by atoms with Gasteiger partial charge < -0.3 is 15.4 Å². The number of rotatable bonds is 7. The minimum atomic E-state index is -0.653. The highest BCUT2D eigenvalue weighted by atomic mass is 127. The van der Waals surface area contributed by atoms with E-state index in [1.807, 2.05) is 25.1 Å². The maximum Gasteiger partial charge on any atom is 0.329 e. The lowest BCUT2D eigenvalue weighted by Crippen LogP contribution is -2.38. The van der Waals surface area contributed by atoms with Gasteiger partial charge in [-0.2, -0.15) is 0 Å². The third kappa shape index (κ3) is 6.37. The zero-order valence-electron chi connectivity index (χ0n) is 19.0. The Morgan fingerprint density at radius 2 is 1.92 bits per heavy atom. The van der Waals surface area contributed by atoms with Crippen LogP contribution in [-0.2, 0) is 16.2 Å². The van der Waals surface area contributed by atoms with Crippen LogP contribution >= 0.6 is 45.8 Å². The van der Waals surface area contributed by atoms with Crippen LogP contribution in [-0.4, -0.2) is 29.3 Å². The number of hydrogen-bond donors (Lipinski definition) is 2. The molecule has 3 aromatic rings. The van der Waals surface area contributed by atoms with Crippen LogP contribution in [0.3, 0.4) is 0 Å². The van der Waals surface area contributed by atoms with Gasteiger partial charge in [0.05, 0.1) is 3.57 Å². The molecule has 0 radical (unpaired) electrons. The summed E-state index contributed by atoms with van der Waals surface area (Å²) >= 11 is 14.3. The second-order valence-electron chi connectivity index (χ2n) is 8.01. The maximum absolute atomic E-state index is 12.8. The Morgan fingerprint density at radius 1 is 1.11 bits per heavy atom. The maximum atomic E-state index is 12.8. The molecule has 0 aromatic heterocycles. The lowest BCUT2D eigenvalue weighted by molar-refractivity contribution is -0.127. The van der Waals surface area contributed by atoms with Gasteiger partial charge in [-0.25, -0.2) is 9.69 Å². The van der Waals surface area contributed by atoms with Gasteiger partial charge in [0.25, 0.3) is 5.91 Å². The summed E-state index contributed by atoms with van der Waals surface area (Å²) in [4.78, 5) is 38.4. The molecule has 2 N–H and O–H groups in total. The van der Waals surface area contributed by atoms with E-state index in [0.29, 0.717) is 27.0 Å². The van der Waals surface area contributed by atoms with Gasteiger partial charge in [-0.3, -0.25) is 9.59 Å². The number of carbonyl (C=O) groups excluding carboxylic acids is 3. The number of carbonyl (C=O) groups is 3. The number of urea groups is 1. The predicted molar refractivity (Wildman–Crippen MR) is 148 cm³/mol. The molecule has 4 rings (SSSR count). The smallest absolute Gasteiger partial charge is 0.329 e. The molecule has 0 spiro atoms. The molecule has 0 atom stereocenters. The first-order valence-corrected chi connectivity index (χ1v) is 12.6. The zero-order valence-corrected chi connectivity index (χ0v) is 22.6. The number of halogens is 3. The van der Waals surface area contributed by atoms with E-state index in [9.17, 15) is 14.4 Å². The summed E-state index contributed by atoms with van der Waals surface area (Å²) in [6.07, 6.45) is 1.56. The number of benzene rings is 3. The van der Waals surface area contributed by atoms with E-state index in [-0.39, 0.29) is 12.3 Å². The van der Waals surface area contributed by atoms with Gasteiger partial charge in [-0.15, -0.1) is 0 Å². The Kier molecular flexibility index (Phi) is 8.17. The molecule has 1 aliphatic heterocycles. The van der Waals surface area contributed by atoms with Gasteiger partial charge in [0.1, 0.15) is 24.6 Å². The number of amides is 4. The molecule has 4 amide bonds. The van der Waals surface area contributed by atoms with Crippen molar-refractivity contribution in [1.82, 2.24) is 10.2 Å². The van der Waals surface area contributed by atoms with E-state index < -0.39 is 24.4 Å². The molecule has 36 heavy (non-hydrogen) atoms.